The van der Waals surface area contributed by atoms with E-state index in [2.05, 4.69) is 4.99 Å². The van der Waals surface area contributed by atoms with Gasteiger partial charge in [-0.1, -0.05) is 0 Å². The Hall–Kier alpha value is -1.44. The van der Waals surface area contributed by atoms with Gasteiger partial charge in [-0.2, -0.15) is 0 Å². The molecule has 1 aliphatic rings. The normalized spacial score (nSPS) is 17.4. The first-order valence-electron chi connectivity index (χ1n) is 5.27. The monoisotopic (exact) mass is 250 g/mol. The quantitative estimate of drug-likeness (QED) is 0.496. The molecule has 0 aliphatic carbocycles. The lowest BCUT2D eigenvalue weighted by Gasteiger charge is -2.27. The van der Waals surface area contributed by atoms with Crippen LogP contribution in [0.15, 0.2) is 4.99 Å². The van der Waals surface area contributed by atoms with Crippen molar-refractivity contribution in [3.05, 3.63) is 0 Å². The number of guanidine groups is 1. The molecule has 0 spiro atoms. The predicted molar refractivity (Wildman–Crippen MR) is 57.9 cm³/mol. The Balaban J connectivity index is 2.28. The average molecular weight is 250 g/mol. The second kappa shape index (κ2) is 7.00. The fourth-order valence-electron chi connectivity index (χ4n) is 1.29. The molecule has 3 N–H and O–H groups in total. The van der Waals surface area contributed by atoms with Crippen LogP contribution in [0.3, 0.4) is 0 Å². The zero-order valence-corrected chi connectivity index (χ0v) is 9.36. The highest BCUT2D eigenvalue weighted by Crippen LogP contribution is 1.95. The fraction of sp³-hybridized carbons (Fsp3) is 0.778. The molecule has 0 unspecified atom stereocenters. The number of nitrogens with zero attached hydrogens (tertiary/aromatic N) is 2. The van der Waals surface area contributed by atoms with Crippen LogP contribution in [0.4, 0.5) is 8.78 Å². The summed E-state index contributed by atoms with van der Waals surface area (Å²) >= 11 is 0. The number of rotatable bonds is 4. The summed E-state index contributed by atoms with van der Waals surface area (Å²) in [5.41, 5.74) is 5.64. The molecular formula is C9H16F2N4O2. The molecule has 98 valence electrons. The van der Waals surface area contributed by atoms with Crippen molar-refractivity contribution in [2.45, 2.75) is 6.43 Å². The predicted octanol–water partition coefficient (Wildman–Crippen LogP) is -0.985. The number of carbonyl (C=O) groups is 1. The van der Waals surface area contributed by atoms with Gasteiger partial charge in [0.1, 0.15) is 6.54 Å². The van der Waals surface area contributed by atoms with Gasteiger partial charge in [0.05, 0.1) is 19.8 Å². The molecule has 1 aliphatic heterocycles. The van der Waals surface area contributed by atoms with Gasteiger partial charge >= 0.3 is 0 Å². The highest BCUT2D eigenvalue weighted by molar-refractivity contribution is 5.84. The number of hydrogen-bond acceptors (Lipinski definition) is 3. The summed E-state index contributed by atoms with van der Waals surface area (Å²) in [5, 5.41) is 2.05. The molecule has 1 heterocycles. The van der Waals surface area contributed by atoms with Crippen molar-refractivity contribution in [2.75, 3.05) is 39.4 Å². The number of halogens is 2. The van der Waals surface area contributed by atoms with Crippen molar-refractivity contribution in [1.29, 1.82) is 0 Å². The number of carbonyl (C=O) groups excluding carboxylic acids is 1. The van der Waals surface area contributed by atoms with Crippen LogP contribution >= 0.6 is 0 Å². The molecule has 0 aromatic rings. The molecule has 1 saturated heterocycles. The molecule has 0 atom stereocenters. The minimum Gasteiger partial charge on any atom is -0.378 e. The average Bonchev–Trinajstić information content (AvgIpc) is 2.34. The number of morpholine rings is 1. The third-order valence-electron chi connectivity index (χ3n) is 2.17. The molecule has 1 rings (SSSR count). The highest BCUT2D eigenvalue weighted by atomic mass is 19.3. The SMILES string of the molecule is NC(=NCC(=O)NCC(F)F)N1CCOCC1. The molecule has 6 nitrogen and oxygen atoms in total. The summed E-state index contributed by atoms with van der Waals surface area (Å²) < 4.78 is 28.7. The molecule has 0 aromatic heterocycles. The van der Waals surface area contributed by atoms with E-state index >= 15 is 0 Å². The Kier molecular flexibility index (Phi) is 5.61. The maximum absolute atomic E-state index is 11.8. The van der Waals surface area contributed by atoms with E-state index in [-0.39, 0.29) is 12.5 Å². The van der Waals surface area contributed by atoms with E-state index in [1.165, 1.54) is 0 Å². The topological polar surface area (TPSA) is 79.9 Å². The lowest BCUT2D eigenvalue weighted by Crippen LogP contribution is -2.45. The van der Waals surface area contributed by atoms with Gasteiger partial charge in [-0.25, -0.2) is 13.8 Å². The summed E-state index contributed by atoms with van der Waals surface area (Å²) in [5.74, 6) is -0.331. The van der Waals surface area contributed by atoms with Crippen LogP contribution in [0.2, 0.25) is 0 Å². The lowest BCUT2D eigenvalue weighted by molar-refractivity contribution is -0.120. The molecule has 0 aromatic carbocycles. The van der Waals surface area contributed by atoms with Gasteiger partial charge < -0.3 is 20.7 Å². The minimum absolute atomic E-state index is 0.237. The van der Waals surface area contributed by atoms with E-state index in [0.717, 1.165) is 0 Å². The number of ether oxygens (including phenoxy) is 1. The summed E-state index contributed by atoms with van der Waals surface area (Å²) in [4.78, 5) is 16.7. The Morgan fingerprint density at radius 1 is 1.47 bits per heavy atom. The molecule has 0 saturated carbocycles. The van der Waals surface area contributed by atoms with Gasteiger partial charge in [0.2, 0.25) is 5.91 Å². The third kappa shape index (κ3) is 5.43. The summed E-state index contributed by atoms with van der Waals surface area (Å²) in [6.07, 6.45) is -2.56. The van der Waals surface area contributed by atoms with Gasteiger partial charge in [0.15, 0.2) is 5.96 Å². The first-order valence-corrected chi connectivity index (χ1v) is 5.27. The van der Waals surface area contributed by atoms with Crippen LogP contribution in [0.1, 0.15) is 0 Å². The second-order valence-corrected chi connectivity index (χ2v) is 3.47. The largest absolute Gasteiger partial charge is 0.378 e. The van der Waals surface area contributed by atoms with Gasteiger partial charge in [0.25, 0.3) is 6.43 Å². The maximum atomic E-state index is 11.8. The first kappa shape index (κ1) is 13.6. The summed E-state index contributed by atoms with van der Waals surface area (Å²) in [7, 11) is 0. The van der Waals surface area contributed by atoms with Crippen molar-refractivity contribution < 1.29 is 18.3 Å². The Bertz CT molecular complexity index is 280. The Morgan fingerprint density at radius 2 is 2.12 bits per heavy atom. The van der Waals surface area contributed by atoms with Crippen LogP contribution < -0.4 is 11.1 Å². The second-order valence-electron chi connectivity index (χ2n) is 3.47. The van der Waals surface area contributed by atoms with Crippen LogP contribution in [-0.2, 0) is 9.53 Å². The zero-order chi connectivity index (χ0) is 12.7. The number of nitrogens with one attached hydrogen (secondary N) is 1. The van der Waals surface area contributed by atoms with Crippen molar-refractivity contribution in [1.82, 2.24) is 10.2 Å². The number of alkyl halides is 2. The molecule has 1 fully saturated rings. The molecular weight excluding hydrogens is 234 g/mol. The molecule has 0 radical (unpaired) electrons. The van der Waals surface area contributed by atoms with Crippen molar-refractivity contribution in [3.8, 4) is 0 Å². The zero-order valence-electron chi connectivity index (χ0n) is 9.36. The van der Waals surface area contributed by atoms with Crippen LogP contribution in [0.5, 0.6) is 0 Å². The lowest BCUT2D eigenvalue weighted by atomic mass is 10.4. The van der Waals surface area contributed by atoms with Crippen LogP contribution in [0.25, 0.3) is 0 Å². The molecule has 1 amide bonds. The number of nitrogens with two attached hydrogens (primary N) is 1. The van der Waals surface area contributed by atoms with Crippen LogP contribution in [-0.4, -0.2) is 62.6 Å². The number of amides is 1. The van der Waals surface area contributed by atoms with Gasteiger partial charge in [-0.3, -0.25) is 4.79 Å². The Morgan fingerprint density at radius 3 is 2.71 bits per heavy atom. The van der Waals surface area contributed by atoms with Gasteiger partial charge in [-0.05, 0) is 0 Å². The number of aliphatic imine (C=N–C) groups is 1. The molecule has 8 heteroatoms. The Labute approximate surface area is 97.8 Å². The molecule has 17 heavy (non-hydrogen) atoms. The number of hydrogen-bond donors (Lipinski definition) is 2. The van der Waals surface area contributed by atoms with E-state index in [1.807, 2.05) is 5.32 Å². The van der Waals surface area contributed by atoms with Crippen molar-refractivity contribution in [2.24, 2.45) is 10.7 Å². The van der Waals surface area contributed by atoms with Crippen molar-refractivity contribution in [3.63, 3.8) is 0 Å². The minimum atomic E-state index is -2.56. The maximum Gasteiger partial charge on any atom is 0.255 e. The third-order valence-corrected chi connectivity index (χ3v) is 2.17. The van der Waals surface area contributed by atoms with Gasteiger partial charge in [0, 0.05) is 13.1 Å². The summed E-state index contributed by atoms with van der Waals surface area (Å²) in [6, 6.07) is 0. The smallest absolute Gasteiger partial charge is 0.255 e. The summed E-state index contributed by atoms with van der Waals surface area (Å²) in [6.45, 7) is 1.46. The van der Waals surface area contributed by atoms with Gasteiger partial charge in [-0.15, -0.1) is 0 Å². The van der Waals surface area contributed by atoms with E-state index in [1.54, 1.807) is 4.90 Å². The standard InChI is InChI=1S/C9H16F2N4O2/c10-7(11)5-13-8(16)6-14-9(12)15-1-3-17-4-2-15/h7H,1-6H2,(H2,12,14)(H,13,16). The first-order chi connectivity index (χ1) is 8.09. The van der Waals surface area contributed by atoms with E-state index < -0.39 is 18.9 Å². The van der Waals surface area contributed by atoms with Crippen molar-refractivity contribution >= 4 is 11.9 Å². The molecule has 0 bridgehead atoms. The van der Waals surface area contributed by atoms with Crippen LogP contribution in [0, 0.1) is 0 Å². The van der Waals surface area contributed by atoms with E-state index in [0.29, 0.717) is 26.3 Å². The fourth-order valence-corrected chi connectivity index (χ4v) is 1.29. The van der Waals surface area contributed by atoms with E-state index in [9.17, 15) is 13.6 Å². The van der Waals surface area contributed by atoms with E-state index in [4.69, 9.17) is 10.5 Å². The highest BCUT2D eigenvalue weighted by Gasteiger charge is 2.12.